The largest absolute Gasteiger partial charge is 0.359 e. The maximum absolute atomic E-state index is 11.8. The number of halogens is 1. The first-order chi connectivity index (χ1) is 6.79. The molecule has 1 amide bonds. The van der Waals surface area contributed by atoms with Gasteiger partial charge in [0.05, 0.1) is 17.2 Å². The van der Waals surface area contributed by atoms with Crippen molar-refractivity contribution < 1.29 is 9.53 Å². The van der Waals surface area contributed by atoms with Crippen LogP contribution in [-0.2, 0) is 4.74 Å². The third-order valence-electron chi connectivity index (χ3n) is 2.14. The fraction of sp³-hybridized carbons (Fsp3) is 0.300. The van der Waals surface area contributed by atoms with Gasteiger partial charge in [-0.05, 0) is 12.1 Å². The van der Waals surface area contributed by atoms with E-state index in [1.165, 1.54) is 0 Å². The Balaban J connectivity index is 2.22. The first-order valence-electron chi connectivity index (χ1n) is 4.40. The molecule has 0 saturated carbocycles. The van der Waals surface area contributed by atoms with E-state index in [0.29, 0.717) is 30.5 Å². The third kappa shape index (κ3) is 1.74. The van der Waals surface area contributed by atoms with Gasteiger partial charge in [0, 0.05) is 6.54 Å². The maximum atomic E-state index is 11.8. The molecule has 0 bridgehead atoms. The van der Waals surface area contributed by atoms with Crippen LogP contribution in [0.25, 0.3) is 0 Å². The fourth-order valence-electron chi connectivity index (χ4n) is 1.38. The lowest BCUT2D eigenvalue weighted by Crippen LogP contribution is -2.28. The standard InChI is InChI=1S/C10H10ClNO2/c11-9-4-2-1-3-8(9)10(13)12-5-6-14-7-12/h1-4H,5-7H2. The van der Waals surface area contributed by atoms with Crippen molar-refractivity contribution in [2.75, 3.05) is 19.9 Å². The molecule has 0 spiro atoms. The number of carbonyl (C=O) groups excluding carboxylic acids is 1. The molecule has 2 rings (SSSR count). The number of carbonyl (C=O) groups is 1. The van der Waals surface area contributed by atoms with Crippen LogP contribution in [0.3, 0.4) is 0 Å². The SMILES string of the molecule is O=C(c1ccccc1Cl)N1CCOC1. The molecule has 1 aromatic carbocycles. The average molecular weight is 212 g/mol. The van der Waals surface area contributed by atoms with Gasteiger partial charge in [0.1, 0.15) is 6.73 Å². The molecule has 0 unspecified atom stereocenters. The summed E-state index contributed by atoms with van der Waals surface area (Å²) in [5, 5.41) is 0.490. The Morgan fingerprint density at radius 3 is 2.86 bits per heavy atom. The van der Waals surface area contributed by atoms with Gasteiger partial charge in [0.15, 0.2) is 0 Å². The second kappa shape index (κ2) is 3.98. The van der Waals surface area contributed by atoms with E-state index < -0.39 is 0 Å². The van der Waals surface area contributed by atoms with Crippen LogP contribution in [0, 0.1) is 0 Å². The van der Waals surface area contributed by atoms with Crippen LogP contribution in [0.4, 0.5) is 0 Å². The Morgan fingerprint density at radius 2 is 2.21 bits per heavy atom. The first kappa shape index (κ1) is 9.49. The molecule has 0 N–H and O–H groups in total. The van der Waals surface area contributed by atoms with E-state index in [1.807, 2.05) is 0 Å². The minimum atomic E-state index is -0.0619. The number of nitrogens with zero attached hydrogens (tertiary/aromatic N) is 1. The van der Waals surface area contributed by atoms with Gasteiger partial charge >= 0.3 is 0 Å². The first-order valence-corrected chi connectivity index (χ1v) is 4.78. The molecule has 3 nitrogen and oxygen atoms in total. The zero-order chi connectivity index (χ0) is 9.97. The van der Waals surface area contributed by atoms with Crippen LogP contribution in [0.2, 0.25) is 5.02 Å². The Morgan fingerprint density at radius 1 is 1.43 bits per heavy atom. The predicted molar refractivity (Wildman–Crippen MR) is 53.3 cm³/mol. The molecule has 4 heteroatoms. The zero-order valence-electron chi connectivity index (χ0n) is 7.57. The predicted octanol–water partition coefficient (Wildman–Crippen LogP) is 1.77. The van der Waals surface area contributed by atoms with E-state index in [1.54, 1.807) is 29.2 Å². The molecular formula is C10H10ClNO2. The summed E-state index contributed by atoms with van der Waals surface area (Å²) in [5.41, 5.74) is 0.541. The molecule has 74 valence electrons. The Hall–Kier alpha value is -1.06. The topological polar surface area (TPSA) is 29.5 Å². The highest BCUT2D eigenvalue weighted by atomic mass is 35.5. The van der Waals surface area contributed by atoms with Crippen molar-refractivity contribution in [3.05, 3.63) is 34.9 Å². The third-order valence-corrected chi connectivity index (χ3v) is 2.47. The fourth-order valence-corrected chi connectivity index (χ4v) is 1.60. The number of ether oxygens (including phenoxy) is 1. The summed E-state index contributed by atoms with van der Waals surface area (Å²) < 4.78 is 5.10. The molecule has 0 aromatic heterocycles. The van der Waals surface area contributed by atoms with E-state index >= 15 is 0 Å². The second-order valence-electron chi connectivity index (χ2n) is 3.09. The van der Waals surface area contributed by atoms with Gasteiger partial charge in [-0.3, -0.25) is 4.79 Å². The van der Waals surface area contributed by atoms with Crippen molar-refractivity contribution >= 4 is 17.5 Å². The van der Waals surface area contributed by atoms with Gasteiger partial charge in [-0.15, -0.1) is 0 Å². The van der Waals surface area contributed by atoms with Crippen LogP contribution >= 0.6 is 11.6 Å². The van der Waals surface area contributed by atoms with E-state index in [-0.39, 0.29) is 5.91 Å². The second-order valence-corrected chi connectivity index (χ2v) is 3.49. The summed E-state index contributed by atoms with van der Waals surface area (Å²) in [6.07, 6.45) is 0. The molecule has 1 saturated heterocycles. The summed E-state index contributed by atoms with van der Waals surface area (Å²) in [7, 11) is 0. The molecule has 0 aliphatic carbocycles. The van der Waals surface area contributed by atoms with Crippen molar-refractivity contribution in [3.63, 3.8) is 0 Å². The van der Waals surface area contributed by atoms with E-state index in [4.69, 9.17) is 16.3 Å². The summed E-state index contributed by atoms with van der Waals surface area (Å²) in [6.45, 7) is 1.62. The van der Waals surface area contributed by atoms with Gasteiger partial charge < -0.3 is 9.64 Å². The van der Waals surface area contributed by atoms with Crippen LogP contribution in [0.1, 0.15) is 10.4 Å². The Labute approximate surface area is 87.2 Å². The van der Waals surface area contributed by atoms with Crippen LogP contribution in [-0.4, -0.2) is 30.7 Å². The number of hydrogen-bond donors (Lipinski definition) is 0. The highest BCUT2D eigenvalue weighted by Gasteiger charge is 2.21. The van der Waals surface area contributed by atoms with Gasteiger partial charge in [-0.1, -0.05) is 23.7 Å². The van der Waals surface area contributed by atoms with E-state index in [9.17, 15) is 4.79 Å². The van der Waals surface area contributed by atoms with E-state index in [2.05, 4.69) is 0 Å². The lowest BCUT2D eigenvalue weighted by atomic mass is 10.2. The van der Waals surface area contributed by atoms with Gasteiger partial charge in [0.2, 0.25) is 0 Å². The van der Waals surface area contributed by atoms with Crippen LogP contribution in [0.15, 0.2) is 24.3 Å². The monoisotopic (exact) mass is 211 g/mol. The quantitative estimate of drug-likeness (QED) is 0.709. The van der Waals surface area contributed by atoms with Crippen LogP contribution < -0.4 is 0 Å². The highest BCUT2D eigenvalue weighted by Crippen LogP contribution is 2.17. The summed E-state index contributed by atoms with van der Waals surface area (Å²) in [4.78, 5) is 13.5. The molecule has 14 heavy (non-hydrogen) atoms. The summed E-state index contributed by atoms with van der Waals surface area (Å²) in [5.74, 6) is -0.0619. The number of benzene rings is 1. The minimum Gasteiger partial charge on any atom is -0.359 e. The molecule has 1 heterocycles. The van der Waals surface area contributed by atoms with Gasteiger partial charge in [0.25, 0.3) is 5.91 Å². The zero-order valence-corrected chi connectivity index (χ0v) is 8.33. The number of amides is 1. The lowest BCUT2D eigenvalue weighted by molar-refractivity contribution is 0.0695. The van der Waals surface area contributed by atoms with E-state index in [0.717, 1.165) is 0 Å². The van der Waals surface area contributed by atoms with Crippen molar-refractivity contribution in [1.29, 1.82) is 0 Å². The van der Waals surface area contributed by atoms with Crippen molar-refractivity contribution in [1.82, 2.24) is 4.90 Å². The van der Waals surface area contributed by atoms with Crippen molar-refractivity contribution in [2.45, 2.75) is 0 Å². The smallest absolute Gasteiger partial charge is 0.257 e. The lowest BCUT2D eigenvalue weighted by Gasteiger charge is -2.13. The Kier molecular flexibility index (Phi) is 2.70. The molecular weight excluding hydrogens is 202 g/mol. The molecule has 1 fully saturated rings. The number of hydrogen-bond acceptors (Lipinski definition) is 2. The molecule has 0 radical (unpaired) electrons. The molecule has 1 aliphatic rings. The maximum Gasteiger partial charge on any atom is 0.257 e. The summed E-state index contributed by atoms with van der Waals surface area (Å²) in [6, 6.07) is 7.05. The highest BCUT2D eigenvalue weighted by molar-refractivity contribution is 6.33. The normalized spacial score (nSPS) is 15.9. The summed E-state index contributed by atoms with van der Waals surface area (Å²) >= 11 is 5.91. The minimum absolute atomic E-state index is 0.0619. The van der Waals surface area contributed by atoms with Crippen LogP contribution in [0.5, 0.6) is 0 Å². The molecule has 0 atom stereocenters. The Bertz CT molecular complexity index is 348. The van der Waals surface area contributed by atoms with Gasteiger partial charge in [-0.25, -0.2) is 0 Å². The average Bonchev–Trinajstić information content (AvgIpc) is 2.70. The van der Waals surface area contributed by atoms with Crippen molar-refractivity contribution in [3.8, 4) is 0 Å². The molecule has 1 aliphatic heterocycles. The number of rotatable bonds is 1. The molecule has 1 aromatic rings. The van der Waals surface area contributed by atoms with Gasteiger partial charge in [-0.2, -0.15) is 0 Å². The van der Waals surface area contributed by atoms with Crippen molar-refractivity contribution in [2.24, 2.45) is 0 Å².